The third kappa shape index (κ3) is 5.89. The fraction of sp³-hybridized carbons (Fsp3) is 0.172. The molecule has 0 spiro atoms. The number of ether oxygens (including phenoxy) is 1. The molecule has 1 atom stereocenters. The molecule has 204 valence electrons. The summed E-state index contributed by atoms with van der Waals surface area (Å²) in [7, 11) is 0. The predicted molar refractivity (Wildman–Crippen MR) is 154 cm³/mol. The fourth-order valence-electron chi connectivity index (χ4n) is 4.16. The number of aromatic nitrogens is 2. The Balaban J connectivity index is 1.49. The highest BCUT2D eigenvalue weighted by Gasteiger charge is 2.48. The van der Waals surface area contributed by atoms with Gasteiger partial charge in [0.2, 0.25) is 5.13 Å². The van der Waals surface area contributed by atoms with E-state index in [9.17, 15) is 19.1 Å². The number of aliphatic hydroxyl groups excluding tert-OH is 1. The molecule has 0 saturated carbocycles. The molecule has 3 aromatic carbocycles. The second-order valence-electron chi connectivity index (χ2n) is 8.86. The van der Waals surface area contributed by atoms with Crippen LogP contribution in [0.25, 0.3) is 5.76 Å². The molecule has 5 rings (SSSR count). The molecule has 0 bridgehead atoms. The maximum Gasteiger partial charge on any atom is 0.301 e. The van der Waals surface area contributed by atoms with Crippen LogP contribution in [-0.4, -0.2) is 33.6 Å². The zero-order chi connectivity index (χ0) is 28.2. The van der Waals surface area contributed by atoms with Crippen LogP contribution in [-0.2, 0) is 15.3 Å². The fourth-order valence-corrected chi connectivity index (χ4v) is 6.11. The molecular weight excluding hydrogens is 573 g/mol. The van der Waals surface area contributed by atoms with Gasteiger partial charge in [-0.3, -0.25) is 14.5 Å². The van der Waals surface area contributed by atoms with Crippen molar-refractivity contribution in [1.29, 1.82) is 0 Å². The summed E-state index contributed by atoms with van der Waals surface area (Å²) in [6.45, 7) is 2.56. The van der Waals surface area contributed by atoms with E-state index in [1.807, 2.05) is 6.92 Å². The number of anilines is 1. The molecule has 4 aromatic rings. The van der Waals surface area contributed by atoms with Crippen LogP contribution in [0.4, 0.5) is 9.52 Å². The summed E-state index contributed by atoms with van der Waals surface area (Å²) in [6, 6.07) is 18.6. The highest BCUT2D eigenvalue weighted by Crippen LogP contribution is 2.44. The van der Waals surface area contributed by atoms with Crippen molar-refractivity contribution >= 4 is 57.3 Å². The Hall–Kier alpha value is -3.73. The predicted octanol–water partition coefficient (Wildman–Crippen LogP) is 7.04. The van der Waals surface area contributed by atoms with Crippen molar-refractivity contribution in [3.8, 4) is 5.75 Å². The van der Waals surface area contributed by atoms with Gasteiger partial charge in [-0.15, -0.1) is 10.2 Å². The van der Waals surface area contributed by atoms with Crippen LogP contribution >= 0.6 is 34.7 Å². The Labute approximate surface area is 243 Å². The molecule has 40 heavy (non-hydrogen) atoms. The summed E-state index contributed by atoms with van der Waals surface area (Å²) >= 11 is 8.64. The summed E-state index contributed by atoms with van der Waals surface area (Å²) in [5, 5.41) is 20.4. The van der Waals surface area contributed by atoms with E-state index >= 15 is 0 Å². The van der Waals surface area contributed by atoms with E-state index in [-0.39, 0.29) is 22.3 Å². The molecule has 1 aromatic heterocycles. The maximum atomic E-state index is 13.4. The molecule has 1 amide bonds. The highest BCUT2D eigenvalue weighted by molar-refractivity contribution is 8.00. The first-order valence-electron chi connectivity index (χ1n) is 12.4. The molecule has 1 unspecified atom stereocenters. The van der Waals surface area contributed by atoms with Gasteiger partial charge in [0.15, 0.2) is 4.34 Å². The van der Waals surface area contributed by atoms with Crippen molar-refractivity contribution in [2.75, 3.05) is 11.5 Å². The molecule has 0 radical (unpaired) electrons. The van der Waals surface area contributed by atoms with E-state index in [4.69, 9.17) is 16.3 Å². The Morgan fingerprint density at radius 2 is 1.75 bits per heavy atom. The largest absolute Gasteiger partial charge is 0.507 e. The van der Waals surface area contributed by atoms with Crippen LogP contribution in [0.3, 0.4) is 0 Å². The van der Waals surface area contributed by atoms with Crippen molar-refractivity contribution in [1.82, 2.24) is 10.2 Å². The van der Waals surface area contributed by atoms with Crippen molar-refractivity contribution in [2.45, 2.75) is 29.5 Å². The van der Waals surface area contributed by atoms with Crippen LogP contribution in [0.15, 0.2) is 82.7 Å². The molecule has 7 nitrogen and oxygen atoms in total. The van der Waals surface area contributed by atoms with Crippen molar-refractivity contribution < 1.29 is 23.8 Å². The number of amides is 1. The van der Waals surface area contributed by atoms with Gasteiger partial charge < -0.3 is 9.84 Å². The van der Waals surface area contributed by atoms with Gasteiger partial charge in [-0.05, 0) is 66.1 Å². The van der Waals surface area contributed by atoms with Gasteiger partial charge in [0.05, 0.1) is 18.2 Å². The van der Waals surface area contributed by atoms with Gasteiger partial charge in [-0.2, -0.15) is 0 Å². The number of halogens is 2. The number of hydrogen-bond acceptors (Lipinski definition) is 8. The molecule has 1 aliphatic heterocycles. The third-order valence-electron chi connectivity index (χ3n) is 6.11. The topological polar surface area (TPSA) is 92.6 Å². The van der Waals surface area contributed by atoms with E-state index < -0.39 is 17.7 Å². The SMILES string of the molecule is CCCOc1ccc(/C(O)=C2/C(=O)C(=O)N(c3nnc(SCc4ccc(F)cc4)s3)C2c2ccc(Cl)cc2)cc1. The zero-order valence-corrected chi connectivity index (χ0v) is 23.6. The van der Waals surface area contributed by atoms with Crippen LogP contribution in [0.1, 0.15) is 36.1 Å². The Bertz CT molecular complexity index is 1560. The van der Waals surface area contributed by atoms with E-state index in [1.54, 1.807) is 60.7 Å². The summed E-state index contributed by atoms with van der Waals surface area (Å²) in [5.74, 6) is -1.13. The number of aliphatic hydroxyl groups is 1. The number of carbonyl (C=O) groups is 2. The van der Waals surface area contributed by atoms with E-state index in [1.165, 1.54) is 28.8 Å². The lowest BCUT2D eigenvalue weighted by Crippen LogP contribution is -2.29. The lowest BCUT2D eigenvalue weighted by Gasteiger charge is -2.22. The molecule has 0 aliphatic carbocycles. The number of rotatable bonds is 9. The van der Waals surface area contributed by atoms with E-state index in [2.05, 4.69) is 10.2 Å². The lowest BCUT2D eigenvalue weighted by atomic mass is 9.95. The average molecular weight is 596 g/mol. The summed E-state index contributed by atoms with van der Waals surface area (Å²) < 4.78 is 19.4. The second kappa shape index (κ2) is 12.2. The number of carbonyl (C=O) groups excluding carboxylic acids is 2. The monoisotopic (exact) mass is 595 g/mol. The lowest BCUT2D eigenvalue weighted by molar-refractivity contribution is -0.132. The first kappa shape index (κ1) is 27.8. The summed E-state index contributed by atoms with van der Waals surface area (Å²) in [4.78, 5) is 28.0. The quantitative estimate of drug-likeness (QED) is 0.0729. The zero-order valence-electron chi connectivity index (χ0n) is 21.2. The van der Waals surface area contributed by atoms with Gasteiger partial charge in [0.25, 0.3) is 5.78 Å². The average Bonchev–Trinajstić information content (AvgIpc) is 3.54. The number of nitrogens with zero attached hydrogens (tertiary/aromatic N) is 3. The van der Waals surface area contributed by atoms with Crippen LogP contribution < -0.4 is 9.64 Å². The Morgan fingerprint density at radius 3 is 2.42 bits per heavy atom. The van der Waals surface area contributed by atoms with Crippen LogP contribution in [0, 0.1) is 5.82 Å². The number of benzene rings is 3. The minimum Gasteiger partial charge on any atom is -0.507 e. The van der Waals surface area contributed by atoms with Crippen molar-refractivity contribution in [3.05, 3.63) is 106 Å². The molecule has 2 heterocycles. The van der Waals surface area contributed by atoms with Gasteiger partial charge in [0.1, 0.15) is 17.3 Å². The summed E-state index contributed by atoms with van der Waals surface area (Å²) in [6.07, 6.45) is 0.852. The molecule has 1 N–H and O–H groups in total. The minimum absolute atomic E-state index is 0.0646. The number of thioether (sulfide) groups is 1. The highest BCUT2D eigenvalue weighted by atomic mass is 35.5. The molecule has 11 heteroatoms. The Kier molecular flexibility index (Phi) is 8.49. The molecule has 1 aliphatic rings. The number of Topliss-reactive ketones (excluding diaryl/α,β-unsaturated/α-hetero) is 1. The molecule has 1 fully saturated rings. The molecular formula is C29H23ClFN3O4S2. The van der Waals surface area contributed by atoms with Gasteiger partial charge in [0, 0.05) is 16.3 Å². The second-order valence-corrected chi connectivity index (χ2v) is 11.5. The van der Waals surface area contributed by atoms with E-state index in [0.717, 1.165) is 23.3 Å². The summed E-state index contributed by atoms with van der Waals surface area (Å²) in [5.41, 5.74) is 1.78. The first-order valence-corrected chi connectivity index (χ1v) is 14.5. The normalized spacial score (nSPS) is 16.5. The van der Waals surface area contributed by atoms with E-state index in [0.29, 0.717) is 38.6 Å². The third-order valence-corrected chi connectivity index (χ3v) is 8.49. The van der Waals surface area contributed by atoms with Gasteiger partial charge in [-0.1, -0.05) is 65.9 Å². The van der Waals surface area contributed by atoms with Crippen molar-refractivity contribution in [3.63, 3.8) is 0 Å². The van der Waals surface area contributed by atoms with Crippen LogP contribution in [0.2, 0.25) is 5.02 Å². The smallest absolute Gasteiger partial charge is 0.301 e. The van der Waals surface area contributed by atoms with Crippen LogP contribution in [0.5, 0.6) is 5.75 Å². The number of ketones is 1. The van der Waals surface area contributed by atoms with Crippen molar-refractivity contribution in [2.24, 2.45) is 0 Å². The number of hydrogen-bond donors (Lipinski definition) is 1. The van der Waals surface area contributed by atoms with Gasteiger partial charge >= 0.3 is 5.91 Å². The molecule has 1 saturated heterocycles. The minimum atomic E-state index is -0.948. The maximum absolute atomic E-state index is 13.4. The van der Waals surface area contributed by atoms with Gasteiger partial charge in [-0.25, -0.2) is 4.39 Å². The standard InChI is InChI=1S/C29H23ClFN3O4S2/c1-2-15-38-22-13-7-19(8-14-22)25(35)23-24(18-5-9-20(30)10-6-18)34(27(37)26(23)36)28-32-33-29(40-28)39-16-17-3-11-21(31)12-4-17/h3-14,24,35H,2,15-16H2,1H3/b25-23-. The Morgan fingerprint density at radius 1 is 1.05 bits per heavy atom. The first-order chi connectivity index (χ1) is 19.4.